The highest BCUT2D eigenvalue weighted by molar-refractivity contribution is 6.43. The van der Waals surface area contributed by atoms with Crippen LogP contribution in [0.5, 0.6) is 5.75 Å². The third-order valence-corrected chi connectivity index (χ3v) is 2.91. The van der Waals surface area contributed by atoms with Crippen molar-refractivity contribution in [3.05, 3.63) is 29.8 Å². The SMILES string of the molecule is CO/N=C(\C(=O)OC)c1ccccc1O/N=C(C)/C(C)=N/OC(C)C. The Bertz CT molecular complexity index is 681. The van der Waals surface area contributed by atoms with E-state index in [-0.39, 0.29) is 11.8 Å². The van der Waals surface area contributed by atoms with Gasteiger partial charge in [-0.15, -0.1) is 0 Å². The van der Waals surface area contributed by atoms with Crippen LogP contribution in [0.15, 0.2) is 39.7 Å². The predicted molar refractivity (Wildman–Crippen MR) is 95.1 cm³/mol. The Labute approximate surface area is 147 Å². The quantitative estimate of drug-likeness (QED) is 0.409. The molecule has 0 aromatic heterocycles. The van der Waals surface area contributed by atoms with Gasteiger partial charge < -0.3 is 19.2 Å². The fourth-order valence-corrected chi connectivity index (χ4v) is 1.56. The van der Waals surface area contributed by atoms with Gasteiger partial charge in [0, 0.05) is 0 Å². The molecule has 0 amide bonds. The Morgan fingerprint density at radius 3 is 2.24 bits per heavy atom. The summed E-state index contributed by atoms with van der Waals surface area (Å²) in [5.74, 6) is -0.331. The van der Waals surface area contributed by atoms with Crippen molar-refractivity contribution >= 4 is 23.1 Å². The summed E-state index contributed by atoms with van der Waals surface area (Å²) < 4.78 is 4.72. The molecule has 0 aliphatic rings. The van der Waals surface area contributed by atoms with Gasteiger partial charge in [0.1, 0.15) is 24.6 Å². The summed E-state index contributed by atoms with van der Waals surface area (Å²) in [4.78, 5) is 27.2. The van der Waals surface area contributed by atoms with E-state index in [0.29, 0.717) is 22.7 Å². The van der Waals surface area contributed by atoms with Crippen molar-refractivity contribution in [3.8, 4) is 5.75 Å². The first-order chi connectivity index (χ1) is 11.9. The number of oxime groups is 3. The Hall–Kier alpha value is -2.90. The minimum atomic E-state index is -0.651. The molecule has 0 radical (unpaired) electrons. The molecule has 0 atom stereocenters. The van der Waals surface area contributed by atoms with Crippen LogP contribution in [0.4, 0.5) is 0 Å². The zero-order chi connectivity index (χ0) is 18.8. The molecule has 0 heterocycles. The number of carbonyl (C=O) groups is 1. The Morgan fingerprint density at radius 2 is 1.64 bits per heavy atom. The van der Waals surface area contributed by atoms with Gasteiger partial charge in [-0.3, -0.25) is 0 Å². The number of para-hydroxylation sites is 1. The molecule has 8 nitrogen and oxygen atoms in total. The number of ether oxygens (including phenoxy) is 1. The van der Waals surface area contributed by atoms with Gasteiger partial charge in [-0.1, -0.05) is 27.6 Å². The lowest BCUT2D eigenvalue weighted by molar-refractivity contribution is -0.132. The van der Waals surface area contributed by atoms with Gasteiger partial charge in [-0.05, 0) is 39.8 Å². The molecule has 0 N–H and O–H groups in total. The summed E-state index contributed by atoms with van der Waals surface area (Å²) in [5, 5.41) is 11.7. The Morgan fingerprint density at radius 1 is 1.00 bits per heavy atom. The van der Waals surface area contributed by atoms with Crippen molar-refractivity contribution in [1.29, 1.82) is 0 Å². The smallest absolute Gasteiger partial charge is 0.360 e. The van der Waals surface area contributed by atoms with Crippen LogP contribution in [0, 0.1) is 0 Å². The summed E-state index contributed by atoms with van der Waals surface area (Å²) in [6.07, 6.45) is -0.0303. The van der Waals surface area contributed by atoms with E-state index in [1.165, 1.54) is 14.2 Å². The van der Waals surface area contributed by atoms with E-state index in [9.17, 15) is 4.79 Å². The maximum Gasteiger partial charge on any atom is 0.360 e. The zero-order valence-corrected chi connectivity index (χ0v) is 15.3. The molecule has 1 aromatic rings. The van der Waals surface area contributed by atoms with E-state index in [4.69, 9.17) is 19.2 Å². The number of carbonyl (C=O) groups excluding carboxylic acids is 1. The van der Waals surface area contributed by atoms with E-state index < -0.39 is 5.97 Å². The van der Waals surface area contributed by atoms with Gasteiger partial charge in [-0.25, -0.2) is 4.79 Å². The fourth-order valence-electron chi connectivity index (χ4n) is 1.56. The predicted octanol–water partition coefficient (Wildman–Crippen LogP) is 2.77. The summed E-state index contributed by atoms with van der Waals surface area (Å²) in [6, 6.07) is 6.78. The third kappa shape index (κ3) is 6.25. The maximum atomic E-state index is 11.9. The highest BCUT2D eigenvalue weighted by Crippen LogP contribution is 2.20. The van der Waals surface area contributed by atoms with Gasteiger partial charge in [0.25, 0.3) is 0 Å². The van der Waals surface area contributed by atoms with E-state index in [1.54, 1.807) is 38.1 Å². The lowest BCUT2D eigenvalue weighted by Crippen LogP contribution is -2.18. The van der Waals surface area contributed by atoms with Gasteiger partial charge in [0.05, 0.1) is 12.7 Å². The molecular weight excluding hydrogens is 326 g/mol. The van der Waals surface area contributed by atoms with Crippen molar-refractivity contribution in [2.75, 3.05) is 14.2 Å². The van der Waals surface area contributed by atoms with Crippen molar-refractivity contribution in [2.24, 2.45) is 15.5 Å². The van der Waals surface area contributed by atoms with E-state index in [2.05, 4.69) is 15.5 Å². The average Bonchev–Trinajstić information content (AvgIpc) is 2.61. The number of esters is 1. The Kier molecular flexibility index (Phi) is 8.11. The Balaban J connectivity index is 3.08. The normalized spacial score (nSPS) is 12.8. The number of hydrogen-bond acceptors (Lipinski definition) is 8. The number of benzene rings is 1. The number of hydrogen-bond donors (Lipinski definition) is 0. The summed E-state index contributed by atoms with van der Waals surface area (Å²) in [7, 11) is 2.59. The monoisotopic (exact) mass is 349 g/mol. The standard InChI is InChI=1S/C17H23N3O5/c1-11(2)24-18-12(3)13(4)19-25-15-10-8-7-9-14(15)16(20-23-6)17(21)22-5/h7-11H,1-6H3/b18-12+,19-13+,20-16-. The van der Waals surface area contributed by atoms with Gasteiger partial charge in [0.2, 0.25) is 0 Å². The fraction of sp³-hybridized carbons (Fsp3) is 0.412. The second-order valence-corrected chi connectivity index (χ2v) is 5.21. The lowest BCUT2D eigenvalue weighted by Gasteiger charge is -2.09. The lowest BCUT2D eigenvalue weighted by atomic mass is 10.1. The molecule has 25 heavy (non-hydrogen) atoms. The number of rotatable bonds is 8. The largest absolute Gasteiger partial charge is 0.464 e. The number of nitrogens with zero attached hydrogens (tertiary/aromatic N) is 3. The van der Waals surface area contributed by atoms with E-state index >= 15 is 0 Å². The van der Waals surface area contributed by atoms with Crippen LogP contribution in [0.3, 0.4) is 0 Å². The minimum absolute atomic E-state index is 0.0259. The van der Waals surface area contributed by atoms with Crippen molar-refractivity contribution in [3.63, 3.8) is 0 Å². The summed E-state index contributed by atoms with van der Waals surface area (Å²) >= 11 is 0. The molecule has 8 heteroatoms. The molecule has 0 unspecified atom stereocenters. The van der Waals surface area contributed by atoms with Crippen molar-refractivity contribution < 1.29 is 24.0 Å². The molecule has 1 rings (SSSR count). The zero-order valence-electron chi connectivity index (χ0n) is 15.3. The van der Waals surface area contributed by atoms with Crippen LogP contribution >= 0.6 is 0 Å². The van der Waals surface area contributed by atoms with Crippen LogP contribution in [0.2, 0.25) is 0 Å². The first kappa shape index (κ1) is 20.1. The van der Waals surface area contributed by atoms with Crippen LogP contribution in [0.1, 0.15) is 33.3 Å². The van der Waals surface area contributed by atoms with Crippen LogP contribution in [-0.4, -0.2) is 43.4 Å². The molecule has 0 bridgehead atoms. The van der Waals surface area contributed by atoms with Crippen molar-refractivity contribution in [2.45, 2.75) is 33.8 Å². The van der Waals surface area contributed by atoms with Gasteiger partial charge >= 0.3 is 5.97 Å². The molecular formula is C17H23N3O5. The van der Waals surface area contributed by atoms with E-state index in [0.717, 1.165) is 0 Å². The topological polar surface area (TPSA) is 91.1 Å². The maximum absolute atomic E-state index is 11.9. The average molecular weight is 349 g/mol. The molecule has 0 aliphatic carbocycles. The molecule has 0 saturated carbocycles. The molecule has 1 aromatic carbocycles. The summed E-state index contributed by atoms with van der Waals surface area (Å²) in [6.45, 7) is 7.23. The second-order valence-electron chi connectivity index (χ2n) is 5.21. The van der Waals surface area contributed by atoms with E-state index in [1.807, 2.05) is 13.8 Å². The van der Waals surface area contributed by atoms with Crippen LogP contribution < -0.4 is 4.84 Å². The highest BCUT2D eigenvalue weighted by Gasteiger charge is 2.20. The first-order valence-corrected chi connectivity index (χ1v) is 7.62. The minimum Gasteiger partial charge on any atom is -0.464 e. The highest BCUT2D eigenvalue weighted by atomic mass is 16.6. The first-order valence-electron chi connectivity index (χ1n) is 7.62. The molecule has 0 spiro atoms. The van der Waals surface area contributed by atoms with Crippen molar-refractivity contribution in [1.82, 2.24) is 0 Å². The second kappa shape index (κ2) is 10.1. The van der Waals surface area contributed by atoms with Gasteiger partial charge in [0.15, 0.2) is 11.5 Å². The van der Waals surface area contributed by atoms with Crippen LogP contribution in [0.25, 0.3) is 0 Å². The third-order valence-electron chi connectivity index (χ3n) is 2.91. The molecule has 0 saturated heterocycles. The van der Waals surface area contributed by atoms with Crippen LogP contribution in [-0.2, 0) is 19.2 Å². The molecule has 136 valence electrons. The number of methoxy groups -OCH3 is 1. The molecule has 0 fully saturated rings. The van der Waals surface area contributed by atoms with Gasteiger partial charge in [-0.2, -0.15) is 0 Å². The summed E-state index contributed by atoms with van der Waals surface area (Å²) in [5.41, 5.74) is 1.46. The molecule has 0 aliphatic heterocycles.